The number of hydrogen-bond donors (Lipinski definition) is 0. The van der Waals surface area contributed by atoms with Gasteiger partial charge < -0.3 is 14.5 Å². The molecule has 0 N–H and O–H groups in total. The first kappa shape index (κ1) is 25.1. The number of alkyl halides is 3. The topological polar surface area (TPSA) is 56.6 Å². The van der Waals surface area contributed by atoms with E-state index in [1.807, 2.05) is 41.8 Å². The standard InChI is InChI=1S/C27H30F3N3O2/c1-18-4-7-23(19(2)12-18)25(34)33-15-21(16-35-3)26(17-33)8-10-32(11-9-26)22-6-5-20(14-31)24(13-22)27(28,29)30/h4-7,12-13,21H,8-11,15-17H2,1-3H3. The third kappa shape index (κ3) is 4.87. The molecule has 0 radical (unpaired) electrons. The van der Waals surface area contributed by atoms with Crippen LogP contribution in [0.5, 0.6) is 0 Å². The van der Waals surface area contributed by atoms with E-state index in [0.29, 0.717) is 44.0 Å². The molecule has 1 spiro atoms. The molecule has 2 heterocycles. The van der Waals surface area contributed by atoms with Crippen molar-refractivity contribution in [2.45, 2.75) is 32.9 Å². The maximum absolute atomic E-state index is 13.4. The first-order chi connectivity index (χ1) is 16.6. The van der Waals surface area contributed by atoms with Crippen LogP contribution < -0.4 is 4.90 Å². The molecule has 5 nitrogen and oxygen atoms in total. The van der Waals surface area contributed by atoms with Gasteiger partial charge in [0.25, 0.3) is 5.91 Å². The second kappa shape index (κ2) is 9.54. The number of nitriles is 1. The molecule has 0 aliphatic carbocycles. The van der Waals surface area contributed by atoms with Gasteiger partial charge in [-0.15, -0.1) is 0 Å². The summed E-state index contributed by atoms with van der Waals surface area (Å²) < 4.78 is 45.9. The van der Waals surface area contributed by atoms with E-state index in [4.69, 9.17) is 10.00 Å². The summed E-state index contributed by atoms with van der Waals surface area (Å²) in [4.78, 5) is 17.2. The zero-order chi connectivity index (χ0) is 25.4. The average molecular weight is 486 g/mol. The van der Waals surface area contributed by atoms with Crippen LogP contribution in [0.25, 0.3) is 0 Å². The lowest BCUT2D eigenvalue weighted by Crippen LogP contribution is -2.45. The fourth-order valence-electron chi connectivity index (χ4n) is 5.68. The average Bonchev–Trinajstić information content (AvgIpc) is 3.16. The van der Waals surface area contributed by atoms with Gasteiger partial charge in [-0.05, 0) is 61.9 Å². The molecule has 1 amide bonds. The predicted molar refractivity (Wildman–Crippen MR) is 127 cm³/mol. The van der Waals surface area contributed by atoms with Crippen molar-refractivity contribution in [3.8, 4) is 6.07 Å². The maximum Gasteiger partial charge on any atom is 0.417 e. The van der Waals surface area contributed by atoms with Gasteiger partial charge in [0.1, 0.15) is 0 Å². The molecule has 4 rings (SSSR count). The molecule has 2 aromatic rings. The van der Waals surface area contributed by atoms with Crippen LogP contribution in [0.2, 0.25) is 0 Å². The Kier molecular flexibility index (Phi) is 6.83. The summed E-state index contributed by atoms with van der Waals surface area (Å²) in [5.41, 5.74) is 1.83. The summed E-state index contributed by atoms with van der Waals surface area (Å²) in [5, 5.41) is 9.08. The summed E-state index contributed by atoms with van der Waals surface area (Å²) in [7, 11) is 1.66. The van der Waals surface area contributed by atoms with Crippen molar-refractivity contribution >= 4 is 11.6 Å². The number of ether oxygens (including phenoxy) is 1. The van der Waals surface area contributed by atoms with Crippen LogP contribution in [0.4, 0.5) is 18.9 Å². The third-order valence-electron chi connectivity index (χ3n) is 7.63. The highest BCUT2D eigenvalue weighted by Gasteiger charge is 2.49. The van der Waals surface area contributed by atoms with E-state index in [1.165, 1.54) is 6.07 Å². The van der Waals surface area contributed by atoms with Crippen molar-refractivity contribution in [3.05, 3.63) is 64.2 Å². The first-order valence-electron chi connectivity index (χ1n) is 11.8. The molecule has 2 fully saturated rings. The Morgan fingerprint density at radius 1 is 1.17 bits per heavy atom. The minimum absolute atomic E-state index is 0.0184. The van der Waals surface area contributed by atoms with Crippen molar-refractivity contribution in [1.82, 2.24) is 4.90 Å². The number of piperidine rings is 1. The van der Waals surface area contributed by atoms with E-state index in [9.17, 15) is 18.0 Å². The molecule has 35 heavy (non-hydrogen) atoms. The summed E-state index contributed by atoms with van der Waals surface area (Å²) >= 11 is 0. The van der Waals surface area contributed by atoms with Crippen LogP contribution in [0.3, 0.4) is 0 Å². The lowest BCUT2D eigenvalue weighted by atomic mass is 9.71. The van der Waals surface area contributed by atoms with Crippen LogP contribution in [0, 0.1) is 36.5 Å². The quantitative estimate of drug-likeness (QED) is 0.598. The molecule has 2 aliphatic rings. The molecule has 8 heteroatoms. The molecule has 186 valence electrons. The predicted octanol–water partition coefficient (Wildman–Crippen LogP) is 5.20. The Hall–Kier alpha value is -3.05. The number of carbonyl (C=O) groups excluding carboxylic acids is 1. The van der Waals surface area contributed by atoms with Gasteiger partial charge in [0.15, 0.2) is 0 Å². The number of methoxy groups -OCH3 is 1. The second-order valence-corrected chi connectivity index (χ2v) is 9.85. The van der Waals surface area contributed by atoms with E-state index in [0.717, 1.165) is 30.0 Å². The number of rotatable bonds is 4. The Morgan fingerprint density at radius 2 is 1.89 bits per heavy atom. The van der Waals surface area contributed by atoms with Crippen LogP contribution in [-0.2, 0) is 10.9 Å². The fourth-order valence-corrected chi connectivity index (χ4v) is 5.68. The molecule has 0 bridgehead atoms. The van der Waals surface area contributed by atoms with Gasteiger partial charge in [-0.1, -0.05) is 17.7 Å². The molecular formula is C27H30F3N3O2. The maximum atomic E-state index is 13.4. The van der Waals surface area contributed by atoms with Gasteiger partial charge in [0.05, 0.1) is 23.8 Å². The summed E-state index contributed by atoms with van der Waals surface area (Å²) in [5.74, 6) is 0.181. The normalized spacial score (nSPS) is 19.7. The summed E-state index contributed by atoms with van der Waals surface area (Å²) in [6.45, 7) is 6.86. The lowest BCUT2D eigenvalue weighted by molar-refractivity contribution is -0.137. The van der Waals surface area contributed by atoms with Gasteiger partial charge >= 0.3 is 6.18 Å². The Bertz CT molecular complexity index is 1150. The molecular weight excluding hydrogens is 455 g/mol. The van der Waals surface area contributed by atoms with E-state index in [-0.39, 0.29) is 22.8 Å². The molecule has 1 unspecified atom stereocenters. The van der Waals surface area contributed by atoms with E-state index in [1.54, 1.807) is 19.2 Å². The Balaban J connectivity index is 1.53. The Morgan fingerprint density at radius 3 is 2.49 bits per heavy atom. The van der Waals surface area contributed by atoms with Crippen LogP contribution >= 0.6 is 0 Å². The number of amides is 1. The Labute approximate surface area is 204 Å². The van der Waals surface area contributed by atoms with Crippen molar-refractivity contribution in [1.29, 1.82) is 5.26 Å². The van der Waals surface area contributed by atoms with Crippen molar-refractivity contribution in [3.63, 3.8) is 0 Å². The number of hydrogen-bond acceptors (Lipinski definition) is 4. The van der Waals surface area contributed by atoms with E-state index >= 15 is 0 Å². The van der Waals surface area contributed by atoms with Crippen LogP contribution in [0.1, 0.15) is 45.5 Å². The molecule has 2 aliphatic heterocycles. The molecule has 0 saturated carbocycles. The number of aryl methyl sites for hydroxylation is 2. The van der Waals surface area contributed by atoms with Crippen molar-refractivity contribution < 1.29 is 22.7 Å². The monoisotopic (exact) mass is 485 g/mol. The second-order valence-electron chi connectivity index (χ2n) is 9.85. The molecule has 1 atom stereocenters. The summed E-state index contributed by atoms with van der Waals surface area (Å²) in [6, 6.07) is 11.4. The van der Waals surface area contributed by atoms with E-state index in [2.05, 4.69) is 0 Å². The molecule has 2 saturated heterocycles. The SMILES string of the molecule is COCC1CN(C(=O)c2ccc(C)cc2C)CC12CCN(c1ccc(C#N)c(C(F)(F)F)c1)CC2. The molecule has 0 aromatic heterocycles. The number of nitrogens with zero attached hydrogens (tertiary/aromatic N) is 3. The zero-order valence-electron chi connectivity index (χ0n) is 20.3. The number of likely N-dealkylation sites (tertiary alicyclic amines) is 1. The smallest absolute Gasteiger partial charge is 0.384 e. The molecule has 2 aromatic carbocycles. The van der Waals surface area contributed by atoms with Crippen LogP contribution in [0.15, 0.2) is 36.4 Å². The minimum Gasteiger partial charge on any atom is -0.384 e. The lowest BCUT2D eigenvalue weighted by Gasteiger charge is -2.43. The third-order valence-corrected chi connectivity index (χ3v) is 7.63. The van der Waals surface area contributed by atoms with Crippen molar-refractivity contribution in [2.24, 2.45) is 11.3 Å². The number of carbonyl (C=O) groups is 1. The fraction of sp³-hybridized carbons (Fsp3) is 0.481. The minimum atomic E-state index is -4.58. The van der Waals surface area contributed by atoms with Gasteiger partial charge in [0, 0.05) is 50.5 Å². The number of halogens is 3. The highest BCUT2D eigenvalue weighted by molar-refractivity contribution is 5.96. The highest BCUT2D eigenvalue weighted by atomic mass is 19.4. The first-order valence-corrected chi connectivity index (χ1v) is 11.8. The largest absolute Gasteiger partial charge is 0.417 e. The van der Waals surface area contributed by atoms with Gasteiger partial charge in [0.2, 0.25) is 0 Å². The van der Waals surface area contributed by atoms with Gasteiger partial charge in [-0.2, -0.15) is 18.4 Å². The van der Waals surface area contributed by atoms with Gasteiger partial charge in [-0.3, -0.25) is 4.79 Å². The van der Waals surface area contributed by atoms with Crippen molar-refractivity contribution in [2.75, 3.05) is 44.8 Å². The van der Waals surface area contributed by atoms with Gasteiger partial charge in [-0.25, -0.2) is 0 Å². The van der Waals surface area contributed by atoms with Crippen LogP contribution in [-0.4, -0.2) is 50.7 Å². The zero-order valence-corrected chi connectivity index (χ0v) is 20.3. The highest BCUT2D eigenvalue weighted by Crippen LogP contribution is 2.46. The number of benzene rings is 2. The summed E-state index contributed by atoms with van der Waals surface area (Å²) in [6.07, 6.45) is -3.08. The number of anilines is 1. The van der Waals surface area contributed by atoms with E-state index < -0.39 is 11.7 Å².